The lowest BCUT2D eigenvalue weighted by molar-refractivity contribution is 0.105. The van der Waals surface area contributed by atoms with E-state index in [1.807, 2.05) is 6.92 Å². The molecule has 2 atom stereocenters. The summed E-state index contributed by atoms with van der Waals surface area (Å²) in [7, 11) is 0. The molecule has 0 aromatic rings. The van der Waals surface area contributed by atoms with Crippen LogP contribution in [0.3, 0.4) is 0 Å². The molecule has 2 unspecified atom stereocenters. The fourth-order valence-corrected chi connectivity index (χ4v) is 4.97. The Kier molecular flexibility index (Phi) is 30.2. The van der Waals surface area contributed by atoms with Crippen molar-refractivity contribution in [3.05, 3.63) is 5.92 Å². The Bertz CT molecular complexity index is 322. The SMILES string of the molecule is CCCCCCCCC(CCCC)(CCCCCCC)[C](CCCC)C(C)O.[MgH2].[MgH2]. The van der Waals surface area contributed by atoms with Crippen LogP contribution in [0.5, 0.6) is 0 Å². The number of aliphatic hydroxyl groups excluding tert-OH is 1. The maximum Gasteiger partial charge on any atom is 0.316 e. The first-order chi connectivity index (χ1) is 13.6. The second kappa shape index (κ2) is 25.1. The van der Waals surface area contributed by atoms with Crippen LogP contribution < -0.4 is 0 Å². The van der Waals surface area contributed by atoms with Crippen molar-refractivity contribution in [1.82, 2.24) is 0 Å². The van der Waals surface area contributed by atoms with E-state index < -0.39 is 0 Å². The van der Waals surface area contributed by atoms with E-state index in [9.17, 15) is 5.11 Å². The maximum atomic E-state index is 10.8. The van der Waals surface area contributed by atoms with Gasteiger partial charge in [0.05, 0.1) is 6.10 Å². The number of aliphatic hydroxyl groups is 1. The zero-order valence-corrected chi connectivity index (χ0v) is 20.5. The molecule has 0 spiro atoms. The van der Waals surface area contributed by atoms with Crippen LogP contribution in [0, 0.1) is 11.3 Å². The van der Waals surface area contributed by atoms with Gasteiger partial charge in [0.1, 0.15) is 0 Å². The molecule has 0 heterocycles. The summed E-state index contributed by atoms with van der Waals surface area (Å²) in [5.41, 5.74) is 0.302. The standard InChI is InChI=1S/C27H55O.2Mg.4H/c1-6-10-14-16-18-20-24-27(22-13-9-4,23-19-17-15-11-7-2)26(25(5)28)21-12-8-3;;;;;;/h25,28H,6-24H2,1-5H3;;;;;;. The maximum absolute atomic E-state index is 10.8. The molecule has 0 aliphatic carbocycles. The fraction of sp³-hybridized carbons (Fsp3) is 0.963. The first-order valence-corrected chi connectivity index (χ1v) is 13.1. The van der Waals surface area contributed by atoms with Gasteiger partial charge < -0.3 is 5.11 Å². The largest absolute Gasteiger partial charge is 0.393 e. The van der Waals surface area contributed by atoms with Gasteiger partial charge in [0, 0.05) is 5.92 Å². The van der Waals surface area contributed by atoms with Crippen molar-refractivity contribution in [2.45, 2.75) is 163 Å². The van der Waals surface area contributed by atoms with Gasteiger partial charge in [-0.2, -0.15) is 0 Å². The van der Waals surface area contributed by atoms with E-state index in [1.54, 1.807) is 0 Å². The Morgan fingerprint density at radius 3 is 1.33 bits per heavy atom. The lowest BCUT2D eigenvalue weighted by Gasteiger charge is -2.43. The van der Waals surface area contributed by atoms with Gasteiger partial charge in [-0.15, -0.1) is 0 Å². The average Bonchev–Trinajstić information content (AvgIpc) is 2.68. The van der Waals surface area contributed by atoms with Crippen molar-refractivity contribution in [2.75, 3.05) is 0 Å². The molecule has 0 amide bonds. The first-order valence-electron chi connectivity index (χ1n) is 13.1. The molecular weight excluding hydrogens is 389 g/mol. The summed E-state index contributed by atoms with van der Waals surface area (Å²) in [6.45, 7) is 11.3. The summed E-state index contributed by atoms with van der Waals surface area (Å²) in [6, 6.07) is 0. The molecule has 0 fully saturated rings. The predicted molar refractivity (Wildman–Crippen MR) is 145 cm³/mol. The van der Waals surface area contributed by atoms with Gasteiger partial charge in [-0.3, -0.25) is 0 Å². The summed E-state index contributed by atoms with van der Waals surface area (Å²) >= 11 is 0. The van der Waals surface area contributed by atoms with Crippen LogP contribution in [0.2, 0.25) is 0 Å². The average molecular weight is 448 g/mol. The van der Waals surface area contributed by atoms with Crippen molar-refractivity contribution < 1.29 is 5.11 Å². The van der Waals surface area contributed by atoms with E-state index in [2.05, 4.69) is 27.7 Å². The third-order valence-corrected chi connectivity index (χ3v) is 6.76. The predicted octanol–water partition coefficient (Wildman–Crippen LogP) is 7.59. The summed E-state index contributed by atoms with van der Waals surface area (Å²) in [5.74, 6) is 1.51. The Hall–Kier alpha value is 1.49. The Morgan fingerprint density at radius 2 is 0.933 bits per heavy atom. The van der Waals surface area contributed by atoms with E-state index in [0.29, 0.717) is 5.41 Å². The van der Waals surface area contributed by atoms with E-state index >= 15 is 0 Å². The molecule has 0 aromatic carbocycles. The summed E-state index contributed by atoms with van der Waals surface area (Å²) in [4.78, 5) is 0. The molecule has 30 heavy (non-hydrogen) atoms. The zero-order chi connectivity index (χ0) is 21.1. The summed E-state index contributed by atoms with van der Waals surface area (Å²) < 4.78 is 0. The lowest BCUT2D eigenvalue weighted by Crippen LogP contribution is -2.36. The molecule has 0 saturated carbocycles. The fourth-order valence-electron chi connectivity index (χ4n) is 4.97. The van der Waals surface area contributed by atoms with Crippen molar-refractivity contribution in [1.29, 1.82) is 0 Å². The second-order valence-corrected chi connectivity index (χ2v) is 9.37. The third-order valence-electron chi connectivity index (χ3n) is 6.76. The zero-order valence-electron chi connectivity index (χ0n) is 20.5. The number of rotatable bonds is 21. The topological polar surface area (TPSA) is 20.2 Å². The minimum absolute atomic E-state index is 0. The van der Waals surface area contributed by atoms with Gasteiger partial charge in [0.2, 0.25) is 0 Å². The third kappa shape index (κ3) is 17.0. The molecule has 0 rings (SSSR count). The van der Waals surface area contributed by atoms with Crippen LogP contribution in [-0.2, 0) is 0 Å². The van der Waals surface area contributed by atoms with E-state index in [-0.39, 0.29) is 52.2 Å². The number of unbranched alkanes of at least 4 members (excludes halogenated alkanes) is 11. The highest BCUT2D eigenvalue weighted by Gasteiger charge is 2.39. The Balaban J connectivity index is -0.00000364. The highest BCUT2D eigenvalue weighted by molar-refractivity contribution is 5.76. The molecule has 3 heteroatoms. The van der Waals surface area contributed by atoms with E-state index in [4.69, 9.17) is 0 Å². The quantitative estimate of drug-likeness (QED) is 0.142. The minimum Gasteiger partial charge on any atom is -0.393 e. The van der Waals surface area contributed by atoms with E-state index in [0.717, 1.165) is 6.42 Å². The molecule has 1 nitrogen and oxygen atoms in total. The Labute approximate surface area is 224 Å². The Morgan fingerprint density at radius 1 is 0.567 bits per heavy atom. The second-order valence-electron chi connectivity index (χ2n) is 9.37. The monoisotopic (exact) mass is 447 g/mol. The van der Waals surface area contributed by atoms with E-state index in [1.165, 1.54) is 121 Å². The number of hydrogen-bond donors (Lipinski definition) is 1. The first kappa shape index (κ1) is 36.1. The van der Waals surface area contributed by atoms with Gasteiger partial charge in [0.25, 0.3) is 0 Å². The molecule has 177 valence electrons. The smallest absolute Gasteiger partial charge is 0.316 e. The van der Waals surface area contributed by atoms with Crippen molar-refractivity contribution in [3.63, 3.8) is 0 Å². The van der Waals surface area contributed by atoms with Crippen LogP contribution in [0.25, 0.3) is 0 Å². The molecular formula is C27H59Mg2O. The molecule has 0 saturated heterocycles. The highest BCUT2D eigenvalue weighted by atomic mass is 24.3. The lowest BCUT2D eigenvalue weighted by atomic mass is 9.62. The van der Waals surface area contributed by atoms with Gasteiger partial charge in [-0.05, 0) is 38.0 Å². The van der Waals surface area contributed by atoms with Crippen LogP contribution in [-0.4, -0.2) is 57.3 Å². The molecule has 0 aromatic heterocycles. The molecule has 1 N–H and O–H groups in total. The molecule has 0 bridgehead atoms. The van der Waals surface area contributed by atoms with Crippen molar-refractivity contribution in [2.24, 2.45) is 5.41 Å². The number of hydrogen-bond acceptors (Lipinski definition) is 1. The van der Waals surface area contributed by atoms with Crippen LogP contribution in [0.1, 0.15) is 157 Å². The normalized spacial score (nSPS) is 14.1. The highest BCUT2D eigenvalue weighted by Crippen LogP contribution is 2.48. The van der Waals surface area contributed by atoms with Gasteiger partial charge >= 0.3 is 46.1 Å². The summed E-state index contributed by atoms with van der Waals surface area (Å²) in [6.07, 6.45) is 24.9. The van der Waals surface area contributed by atoms with Gasteiger partial charge in [-0.25, -0.2) is 0 Å². The molecule has 0 aliphatic rings. The molecule has 1 radical (unpaired) electrons. The summed E-state index contributed by atoms with van der Waals surface area (Å²) in [5, 5.41) is 10.8. The van der Waals surface area contributed by atoms with Crippen molar-refractivity contribution in [3.8, 4) is 0 Å². The van der Waals surface area contributed by atoms with Gasteiger partial charge in [0.15, 0.2) is 0 Å². The van der Waals surface area contributed by atoms with Gasteiger partial charge in [-0.1, -0.05) is 124 Å². The minimum atomic E-state index is -0.237. The van der Waals surface area contributed by atoms with Crippen LogP contribution in [0.4, 0.5) is 0 Å². The van der Waals surface area contributed by atoms with Crippen LogP contribution >= 0.6 is 0 Å². The molecule has 0 aliphatic heterocycles. The van der Waals surface area contributed by atoms with Crippen LogP contribution in [0.15, 0.2) is 0 Å². The van der Waals surface area contributed by atoms with Crippen molar-refractivity contribution >= 4 is 46.1 Å².